The number of hydrogen-bond donors (Lipinski definition) is 0. The number of nitrogens with zero attached hydrogens (tertiary/aromatic N) is 1. The van der Waals surface area contributed by atoms with E-state index in [4.69, 9.17) is 0 Å². The van der Waals surface area contributed by atoms with E-state index < -0.39 is 0 Å². The number of thiophene rings is 1. The van der Waals surface area contributed by atoms with Crippen LogP contribution in [0.3, 0.4) is 0 Å². The summed E-state index contributed by atoms with van der Waals surface area (Å²) in [6, 6.07) is 78.4. The zero-order chi connectivity index (χ0) is 38.2. The van der Waals surface area contributed by atoms with Crippen LogP contribution in [0, 0.1) is 0 Å². The maximum atomic E-state index is 2.50. The van der Waals surface area contributed by atoms with Gasteiger partial charge in [-0.1, -0.05) is 164 Å². The fourth-order valence-corrected chi connectivity index (χ4v) is 10.4. The molecule has 0 saturated heterocycles. The van der Waals surface area contributed by atoms with Crippen LogP contribution in [-0.2, 0) is 0 Å². The summed E-state index contributed by atoms with van der Waals surface area (Å²) in [5, 5.41) is 15.2. The first-order valence-corrected chi connectivity index (χ1v) is 20.7. The van der Waals surface area contributed by atoms with Gasteiger partial charge in [-0.25, -0.2) is 0 Å². The molecule has 0 amide bonds. The fraction of sp³-hybridized carbons (Fsp3) is 0. The zero-order valence-electron chi connectivity index (χ0n) is 31.6. The van der Waals surface area contributed by atoms with Crippen molar-refractivity contribution in [2.75, 3.05) is 4.90 Å². The molecule has 0 aliphatic carbocycles. The largest absolute Gasteiger partial charge is 0.309 e. The molecule has 0 unspecified atom stereocenters. The molecule has 58 heavy (non-hydrogen) atoms. The molecule has 0 N–H and O–H groups in total. The number of anilines is 3. The smallest absolute Gasteiger partial charge is 0.0555 e. The topological polar surface area (TPSA) is 3.24 Å². The van der Waals surface area contributed by atoms with Gasteiger partial charge < -0.3 is 4.90 Å². The maximum absolute atomic E-state index is 2.50. The Kier molecular flexibility index (Phi) is 7.47. The van der Waals surface area contributed by atoms with Crippen LogP contribution in [0.2, 0.25) is 0 Å². The van der Waals surface area contributed by atoms with Crippen molar-refractivity contribution in [1.82, 2.24) is 0 Å². The second-order valence-corrected chi connectivity index (χ2v) is 16.3. The van der Waals surface area contributed by atoms with Gasteiger partial charge >= 0.3 is 0 Å². The van der Waals surface area contributed by atoms with Crippen molar-refractivity contribution < 1.29 is 0 Å². The van der Waals surface area contributed by atoms with Crippen LogP contribution in [0.15, 0.2) is 212 Å². The summed E-state index contributed by atoms with van der Waals surface area (Å²) < 4.78 is 2.58. The highest BCUT2D eigenvalue weighted by Crippen LogP contribution is 2.48. The minimum Gasteiger partial charge on any atom is -0.309 e. The van der Waals surface area contributed by atoms with Gasteiger partial charge in [-0.3, -0.25) is 0 Å². The van der Waals surface area contributed by atoms with Gasteiger partial charge in [-0.15, -0.1) is 11.3 Å². The molecule has 0 fully saturated rings. The summed E-state index contributed by atoms with van der Waals surface area (Å²) in [4.78, 5) is 2.50. The van der Waals surface area contributed by atoms with Crippen LogP contribution in [0.25, 0.3) is 96.3 Å². The maximum Gasteiger partial charge on any atom is 0.0555 e. The normalized spacial score (nSPS) is 11.8. The Morgan fingerprint density at radius 3 is 1.67 bits per heavy atom. The van der Waals surface area contributed by atoms with E-state index in [2.05, 4.69) is 217 Å². The Morgan fingerprint density at radius 1 is 0.293 bits per heavy atom. The van der Waals surface area contributed by atoms with Gasteiger partial charge in [0, 0.05) is 31.4 Å². The monoisotopic (exact) mass is 753 g/mol. The summed E-state index contributed by atoms with van der Waals surface area (Å²) in [7, 11) is 0. The Balaban J connectivity index is 1.07. The lowest BCUT2D eigenvalue weighted by molar-refractivity contribution is 1.31. The number of rotatable bonds is 5. The minimum atomic E-state index is 1.13. The predicted octanol–water partition coefficient (Wildman–Crippen LogP) is 16.6. The molecule has 0 radical (unpaired) electrons. The van der Waals surface area contributed by atoms with Crippen molar-refractivity contribution in [3.63, 3.8) is 0 Å². The molecule has 0 bridgehead atoms. The molecule has 270 valence electrons. The minimum absolute atomic E-state index is 1.13. The third-order valence-corrected chi connectivity index (χ3v) is 13.1. The molecule has 0 saturated carbocycles. The first-order chi connectivity index (χ1) is 28.7. The molecule has 0 spiro atoms. The molecule has 2 heteroatoms. The third kappa shape index (κ3) is 5.23. The van der Waals surface area contributed by atoms with E-state index in [1.54, 1.807) is 0 Å². The van der Waals surface area contributed by atoms with Crippen molar-refractivity contribution >= 4 is 102 Å². The van der Waals surface area contributed by atoms with E-state index in [9.17, 15) is 0 Å². The van der Waals surface area contributed by atoms with Crippen LogP contribution in [-0.4, -0.2) is 0 Å². The first kappa shape index (κ1) is 32.9. The third-order valence-electron chi connectivity index (χ3n) is 12.0. The molecule has 0 atom stereocenters. The van der Waals surface area contributed by atoms with Gasteiger partial charge in [0.15, 0.2) is 0 Å². The zero-order valence-corrected chi connectivity index (χ0v) is 32.4. The van der Waals surface area contributed by atoms with Crippen molar-refractivity contribution in [3.8, 4) is 22.3 Å². The van der Waals surface area contributed by atoms with E-state index in [1.807, 2.05) is 11.3 Å². The Bertz CT molecular complexity index is 3580. The number of hydrogen-bond acceptors (Lipinski definition) is 2. The summed E-state index contributed by atoms with van der Waals surface area (Å²) >= 11 is 1.88. The van der Waals surface area contributed by atoms with Gasteiger partial charge in [0.05, 0.1) is 11.4 Å². The Labute approximate surface area is 340 Å². The average molecular weight is 754 g/mol. The highest BCUT2D eigenvalue weighted by Gasteiger charge is 2.22. The standard InChI is InChI=1S/C56H35NS/c1-2-14-40-35-55-51(33-39(40)13-1)56-53(22-11-23-54(56)58-55)57(43-30-31-46-42(32-43)29-28-36-12-3-5-16-44(36)46)52-21-10-9-18-47(52)37-24-26-38(27-25-37)50-34-41-15-4-6-17-45(41)48-19-7-8-20-49(48)50/h1-35H. The highest BCUT2D eigenvalue weighted by molar-refractivity contribution is 7.26. The van der Waals surface area contributed by atoms with Gasteiger partial charge in [0.25, 0.3) is 0 Å². The molecular weight excluding hydrogens is 719 g/mol. The van der Waals surface area contributed by atoms with Crippen LogP contribution in [0.4, 0.5) is 17.1 Å². The molecule has 0 aliphatic heterocycles. The van der Waals surface area contributed by atoms with Crippen LogP contribution in [0.5, 0.6) is 0 Å². The summed E-state index contributed by atoms with van der Waals surface area (Å²) in [6.45, 7) is 0. The van der Waals surface area contributed by atoms with Crippen LogP contribution < -0.4 is 4.90 Å². The van der Waals surface area contributed by atoms with Gasteiger partial charge in [0.2, 0.25) is 0 Å². The predicted molar refractivity (Wildman–Crippen MR) is 252 cm³/mol. The molecule has 1 nitrogen and oxygen atoms in total. The molecular formula is C56H35NS. The van der Waals surface area contributed by atoms with E-state index in [0.717, 1.165) is 11.4 Å². The molecule has 12 rings (SSSR count). The lowest BCUT2D eigenvalue weighted by Gasteiger charge is -2.29. The molecule has 12 aromatic rings. The van der Waals surface area contributed by atoms with E-state index >= 15 is 0 Å². The van der Waals surface area contributed by atoms with Crippen molar-refractivity contribution in [2.45, 2.75) is 0 Å². The Hall–Kier alpha value is -7.26. The molecule has 1 aromatic heterocycles. The summed E-state index contributed by atoms with van der Waals surface area (Å²) in [5.41, 5.74) is 8.26. The number of benzene rings is 11. The average Bonchev–Trinajstić information content (AvgIpc) is 3.66. The van der Waals surface area contributed by atoms with Crippen molar-refractivity contribution in [3.05, 3.63) is 212 Å². The summed E-state index contributed by atoms with van der Waals surface area (Å²) in [5.74, 6) is 0. The number of fused-ring (bicyclic) bond motifs is 10. The lowest BCUT2D eigenvalue weighted by atomic mass is 9.92. The van der Waals surface area contributed by atoms with E-state index in [1.165, 1.54) is 102 Å². The van der Waals surface area contributed by atoms with E-state index in [-0.39, 0.29) is 0 Å². The number of para-hydroxylation sites is 1. The molecule has 11 aromatic carbocycles. The van der Waals surface area contributed by atoms with Crippen molar-refractivity contribution in [2.24, 2.45) is 0 Å². The quantitative estimate of drug-likeness (QED) is 0.158. The van der Waals surface area contributed by atoms with Gasteiger partial charge in [0.1, 0.15) is 0 Å². The van der Waals surface area contributed by atoms with E-state index in [0.29, 0.717) is 0 Å². The van der Waals surface area contributed by atoms with Crippen molar-refractivity contribution in [1.29, 1.82) is 0 Å². The van der Waals surface area contributed by atoms with Gasteiger partial charge in [-0.05, 0) is 119 Å². The first-order valence-electron chi connectivity index (χ1n) is 19.9. The fourth-order valence-electron chi connectivity index (χ4n) is 9.26. The molecule has 0 aliphatic rings. The summed E-state index contributed by atoms with van der Waals surface area (Å²) in [6.07, 6.45) is 0. The lowest BCUT2D eigenvalue weighted by Crippen LogP contribution is -2.11. The van der Waals surface area contributed by atoms with Crippen LogP contribution in [0.1, 0.15) is 0 Å². The SMILES string of the molecule is c1ccc(N(c2ccc3c(ccc4ccccc43)c2)c2cccc3sc4cc5ccccc5cc4c23)c(-c2ccc(-c3cc4ccccc4c4ccccc34)cc2)c1. The van der Waals surface area contributed by atoms with Crippen LogP contribution >= 0.6 is 11.3 Å². The Morgan fingerprint density at radius 2 is 0.862 bits per heavy atom. The second-order valence-electron chi connectivity index (χ2n) is 15.3. The molecule has 1 heterocycles. The second kappa shape index (κ2) is 13.2. The highest BCUT2D eigenvalue weighted by atomic mass is 32.1. The van der Waals surface area contributed by atoms with Gasteiger partial charge in [-0.2, -0.15) is 0 Å².